The maximum absolute atomic E-state index is 11.2. The van der Waals surface area contributed by atoms with E-state index in [0.29, 0.717) is 5.69 Å². The molecular formula is C18H16ClN3O2. The van der Waals surface area contributed by atoms with Crippen molar-refractivity contribution in [3.63, 3.8) is 0 Å². The molecule has 0 radical (unpaired) electrons. The lowest BCUT2D eigenvalue weighted by Gasteiger charge is -2.24. The summed E-state index contributed by atoms with van der Waals surface area (Å²) in [5.74, 6) is 0. The lowest BCUT2D eigenvalue weighted by molar-refractivity contribution is -0.384. The van der Waals surface area contributed by atoms with E-state index in [1.54, 1.807) is 12.1 Å². The standard InChI is InChI=1S/C18H16ClN3O2/c19-11-8-9-14-13(10-11)12-4-3-6-16(18(12)21-14)20-15-5-1-2-7-17(15)22(23)24/h1-2,5,7-10,16,20-21H,3-4,6H2. The van der Waals surface area contributed by atoms with E-state index in [-0.39, 0.29) is 16.7 Å². The Morgan fingerprint density at radius 3 is 2.92 bits per heavy atom. The first kappa shape index (κ1) is 15.0. The number of benzene rings is 2. The average molecular weight is 342 g/mol. The normalized spacial score (nSPS) is 16.8. The van der Waals surface area contributed by atoms with E-state index < -0.39 is 0 Å². The van der Waals surface area contributed by atoms with Crippen molar-refractivity contribution in [3.05, 3.63) is 68.9 Å². The third-order valence-corrected chi connectivity index (χ3v) is 4.83. The summed E-state index contributed by atoms with van der Waals surface area (Å²) in [5.41, 5.74) is 4.08. The Bertz CT molecular complexity index is 935. The van der Waals surface area contributed by atoms with Crippen molar-refractivity contribution in [2.75, 3.05) is 5.32 Å². The summed E-state index contributed by atoms with van der Waals surface area (Å²) in [6, 6.07) is 12.6. The van der Waals surface area contributed by atoms with Crippen LogP contribution in [0.3, 0.4) is 0 Å². The molecule has 1 heterocycles. The minimum absolute atomic E-state index is 0.0287. The summed E-state index contributed by atoms with van der Waals surface area (Å²) < 4.78 is 0. The van der Waals surface area contributed by atoms with E-state index in [2.05, 4.69) is 10.3 Å². The number of fused-ring (bicyclic) bond motifs is 3. The van der Waals surface area contributed by atoms with Crippen LogP contribution in [0.2, 0.25) is 5.02 Å². The van der Waals surface area contributed by atoms with Gasteiger partial charge in [-0.2, -0.15) is 0 Å². The fourth-order valence-corrected chi connectivity index (χ4v) is 3.69. The Kier molecular flexibility index (Phi) is 3.65. The largest absolute Gasteiger partial charge is 0.371 e. The Hall–Kier alpha value is -2.53. The topological polar surface area (TPSA) is 71.0 Å². The lowest BCUT2D eigenvalue weighted by Crippen LogP contribution is -2.17. The number of aryl methyl sites for hydroxylation is 1. The molecule has 0 bridgehead atoms. The van der Waals surface area contributed by atoms with E-state index in [4.69, 9.17) is 11.6 Å². The summed E-state index contributed by atoms with van der Waals surface area (Å²) in [5, 5.41) is 16.5. The number of para-hydroxylation sites is 2. The molecule has 0 aliphatic heterocycles. The second-order valence-electron chi connectivity index (χ2n) is 6.07. The fraction of sp³-hybridized carbons (Fsp3) is 0.222. The van der Waals surface area contributed by atoms with Gasteiger partial charge in [-0.3, -0.25) is 10.1 Å². The van der Waals surface area contributed by atoms with Crippen molar-refractivity contribution in [3.8, 4) is 0 Å². The average Bonchev–Trinajstić information content (AvgIpc) is 2.94. The first-order chi connectivity index (χ1) is 11.6. The number of aromatic amines is 1. The number of halogens is 1. The van der Waals surface area contributed by atoms with Crippen LogP contribution in [-0.4, -0.2) is 9.91 Å². The SMILES string of the molecule is O=[N+]([O-])c1ccccc1NC1CCCc2c1[nH]c1ccc(Cl)cc21. The summed E-state index contributed by atoms with van der Waals surface area (Å²) in [6.07, 6.45) is 2.95. The highest BCUT2D eigenvalue weighted by Crippen LogP contribution is 2.38. The van der Waals surface area contributed by atoms with Gasteiger partial charge in [0, 0.05) is 27.7 Å². The van der Waals surface area contributed by atoms with E-state index in [1.807, 2.05) is 24.3 Å². The summed E-state index contributed by atoms with van der Waals surface area (Å²) >= 11 is 6.14. The monoisotopic (exact) mass is 341 g/mol. The smallest absolute Gasteiger partial charge is 0.292 e. The van der Waals surface area contributed by atoms with Gasteiger partial charge in [-0.1, -0.05) is 23.7 Å². The highest BCUT2D eigenvalue weighted by atomic mass is 35.5. The third kappa shape index (κ3) is 2.51. The zero-order valence-corrected chi connectivity index (χ0v) is 13.6. The highest BCUT2D eigenvalue weighted by Gasteiger charge is 2.26. The molecule has 6 heteroatoms. The Labute approximate surface area is 143 Å². The second kappa shape index (κ2) is 5.83. The predicted molar refractivity (Wildman–Crippen MR) is 95.7 cm³/mol. The van der Waals surface area contributed by atoms with Crippen LogP contribution < -0.4 is 5.32 Å². The first-order valence-corrected chi connectivity index (χ1v) is 8.31. The molecule has 3 aromatic rings. The van der Waals surface area contributed by atoms with Gasteiger partial charge in [0.1, 0.15) is 5.69 Å². The van der Waals surface area contributed by atoms with Gasteiger partial charge in [-0.25, -0.2) is 0 Å². The molecule has 1 aliphatic rings. The molecule has 122 valence electrons. The lowest BCUT2D eigenvalue weighted by atomic mass is 9.91. The number of nitrogens with zero attached hydrogens (tertiary/aromatic N) is 1. The highest BCUT2D eigenvalue weighted by molar-refractivity contribution is 6.31. The molecule has 0 amide bonds. The van der Waals surface area contributed by atoms with Crippen LogP contribution >= 0.6 is 11.6 Å². The van der Waals surface area contributed by atoms with E-state index in [0.717, 1.165) is 40.9 Å². The van der Waals surface area contributed by atoms with Crippen LogP contribution in [0.15, 0.2) is 42.5 Å². The summed E-state index contributed by atoms with van der Waals surface area (Å²) in [7, 11) is 0. The van der Waals surface area contributed by atoms with Gasteiger partial charge in [-0.15, -0.1) is 0 Å². The molecule has 0 fully saturated rings. The van der Waals surface area contributed by atoms with Gasteiger partial charge in [0.15, 0.2) is 0 Å². The number of hydrogen-bond donors (Lipinski definition) is 2. The molecule has 0 spiro atoms. The van der Waals surface area contributed by atoms with Crippen molar-refractivity contribution >= 4 is 33.9 Å². The molecule has 1 aromatic heterocycles. The molecule has 2 aromatic carbocycles. The van der Waals surface area contributed by atoms with Gasteiger partial charge < -0.3 is 10.3 Å². The number of hydrogen-bond acceptors (Lipinski definition) is 3. The summed E-state index contributed by atoms with van der Waals surface area (Å²) in [4.78, 5) is 14.4. The minimum atomic E-state index is -0.350. The zero-order valence-electron chi connectivity index (χ0n) is 12.9. The van der Waals surface area contributed by atoms with Crippen molar-refractivity contribution in [1.82, 2.24) is 4.98 Å². The summed E-state index contributed by atoms with van der Waals surface area (Å²) in [6.45, 7) is 0. The van der Waals surface area contributed by atoms with Crippen LogP contribution in [0.5, 0.6) is 0 Å². The molecule has 1 atom stereocenters. The zero-order chi connectivity index (χ0) is 16.7. The quantitative estimate of drug-likeness (QED) is 0.507. The molecule has 24 heavy (non-hydrogen) atoms. The fourth-order valence-electron chi connectivity index (χ4n) is 3.52. The van der Waals surface area contributed by atoms with E-state index in [1.165, 1.54) is 11.6 Å². The van der Waals surface area contributed by atoms with Crippen molar-refractivity contribution in [2.24, 2.45) is 0 Å². The van der Waals surface area contributed by atoms with Gasteiger partial charge >= 0.3 is 0 Å². The number of rotatable bonds is 3. The van der Waals surface area contributed by atoms with Crippen LogP contribution in [0.4, 0.5) is 11.4 Å². The van der Waals surface area contributed by atoms with Crippen LogP contribution in [0.25, 0.3) is 10.9 Å². The molecule has 0 saturated heterocycles. The minimum Gasteiger partial charge on any atom is -0.371 e. The van der Waals surface area contributed by atoms with Gasteiger partial charge in [0.2, 0.25) is 0 Å². The van der Waals surface area contributed by atoms with E-state index >= 15 is 0 Å². The van der Waals surface area contributed by atoms with Crippen LogP contribution in [0, 0.1) is 10.1 Å². The second-order valence-corrected chi connectivity index (χ2v) is 6.51. The third-order valence-electron chi connectivity index (χ3n) is 4.60. The number of anilines is 1. The molecule has 2 N–H and O–H groups in total. The number of nitro benzene ring substituents is 1. The van der Waals surface area contributed by atoms with Crippen molar-refractivity contribution in [2.45, 2.75) is 25.3 Å². The number of H-pyrrole nitrogens is 1. The first-order valence-electron chi connectivity index (χ1n) is 7.93. The Balaban J connectivity index is 1.75. The number of nitro groups is 1. The molecule has 5 nitrogen and oxygen atoms in total. The predicted octanol–water partition coefficient (Wildman–Crippen LogP) is 5.22. The molecular weight excluding hydrogens is 326 g/mol. The van der Waals surface area contributed by atoms with Crippen molar-refractivity contribution < 1.29 is 4.92 Å². The molecule has 1 aliphatic carbocycles. The van der Waals surface area contributed by atoms with Crippen molar-refractivity contribution in [1.29, 1.82) is 0 Å². The molecule has 0 saturated carbocycles. The Morgan fingerprint density at radius 1 is 1.25 bits per heavy atom. The maximum atomic E-state index is 11.2. The van der Waals surface area contributed by atoms with Gasteiger partial charge in [0.05, 0.1) is 11.0 Å². The van der Waals surface area contributed by atoms with Crippen LogP contribution in [0.1, 0.15) is 30.1 Å². The number of nitrogens with one attached hydrogen (secondary N) is 2. The Morgan fingerprint density at radius 2 is 2.08 bits per heavy atom. The molecule has 4 rings (SSSR count). The number of aromatic nitrogens is 1. The van der Waals surface area contributed by atoms with Gasteiger partial charge in [0.25, 0.3) is 5.69 Å². The van der Waals surface area contributed by atoms with E-state index in [9.17, 15) is 10.1 Å². The van der Waals surface area contributed by atoms with Gasteiger partial charge in [-0.05, 0) is 49.1 Å². The maximum Gasteiger partial charge on any atom is 0.292 e. The molecule has 1 unspecified atom stereocenters. The van der Waals surface area contributed by atoms with Crippen LogP contribution in [-0.2, 0) is 6.42 Å².